The van der Waals surface area contributed by atoms with E-state index in [1.165, 1.54) is 12.5 Å². The van der Waals surface area contributed by atoms with E-state index in [4.69, 9.17) is 9.15 Å². The molecule has 1 amide bonds. The Balaban J connectivity index is 1.53. The number of hydrogen-bond donors (Lipinski definition) is 1. The van der Waals surface area contributed by atoms with Crippen LogP contribution in [0.25, 0.3) is 10.8 Å². The molecule has 0 fully saturated rings. The van der Waals surface area contributed by atoms with Gasteiger partial charge in [-0.25, -0.2) is 5.43 Å². The summed E-state index contributed by atoms with van der Waals surface area (Å²) in [6.07, 6.45) is 2.96. The number of benzene rings is 2. The van der Waals surface area contributed by atoms with Gasteiger partial charge in [0.05, 0.1) is 12.5 Å². The van der Waals surface area contributed by atoms with Crippen LogP contribution in [0.15, 0.2) is 70.4 Å². The van der Waals surface area contributed by atoms with Crippen LogP contribution in [0.1, 0.15) is 5.76 Å². The Bertz CT molecular complexity index is 795. The number of hydrazone groups is 1. The lowest BCUT2D eigenvalue weighted by atomic mass is 10.1. The van der Waals surface area contributed by atoms with E-state index in [0.29, 0.717) is 11.5 Å². The van der Waals surface area contributed by atoms with Crippen LogP contribution in [0.4, 0.5) is 0 Å². The van der Waals surface area contributed by atoms with E-state index in [-0.39, 0.29) is 12.5 Å². The van der Waals surface area contributed by atoms with E-state index < -0.39 is 0 Å². The summed E-state index contributed by atoms with van der Waals surface area (Å²) in [6.45, 7) is -0.103. The fourth-order valence-electron chi connectivity index (χ4n) is 1.97. The van der Waals surface area contributed by atoms with E-state index in [1.807, 2.05) is 42.5 Å². The van der Waals surface area contributed by atoms with Crippen molar-refractivity contribution in [1.29, 1.82) is 0 Å². The van der Waals surface area contributed by atoms with Gasteiger partial charge in [0.1, 0.15) is 11.5 Å². The standard InChI is InChI=1S/C17H14N2O3/c20-17(19-18-11-16-6-3-9-21-16)12-22-15-8-7-13-4-1-2-5-14(13)10-15/h1-11H,12H2,(H,19,20). The topological polar surface area (TPSA) is 63.8 Å². The third-order valence-corrected chi connectivity index (χ3v) is 3.02. The van der Waals surface area contributed by atoms with Gasteiger partial charge in [-0.1, -0.05) is 30.3 Å². The van der Waals surface area contributed by atoms with Crippen LogP contribution in [0.5, 0.6) is 5.75 Å². The zero-order valence-corrected chi connectivity index (χ0v) is 11.7. The molecule has 2 aromatic carbocycles. The van der Waals surface area contributed by atoms with Crippen molar-refractivity contribution in [3.05, 3.63) is 66.6 Å². The quantitative estimate of drug-likeness (QED) is 0.581. The molecule has 3 rings (SSSR count). The Morgan fingerprint density at radius 3 is 2.82 bits per heavy atom. The summed E-state index contributed by atoms with van der Waals surface area (Å²) in [5, 5.41) is 5.97. The van der Waals surface area contributed by atoms with Crippen LogP contribution >= 0.6 is 0 Å². The molecule has 0 bridgehead atoms. The molecule has 0 atom stereocenters. The van der Waals surface area contributed by atoms with Gasteiger partial charge in [-0.15, -0.1) is 0 Å². The van der Waals surface area contributed by atoms with Crippen molar-refractivity contribution in [2.24, 2.45) is 5.10 Å². The van der Waals surface area contributed by atoms with E-state index in [1.54, 1.807) is 12.1 Å². The summed E-state index contributed by atoms with van der Waals surface area (Å²) < 4.78 is 10.5. The number of nitrogens with zero attached hydrogens (tertiary/aromatic N) is 1. The fourth-order valence-corrected chi connectivity index (χ4v) is 1.97. The van der Waals surface area contributed by atoms with Gasteiger partial charge in [0, 0.05) is 0 Å². The van der Waals surface area contributed by atoms with Crippen LogP contribution < -0.4 is 10.2 Å². The number of rotatable bonds is 5. The van der Waals surface area contributed by atoms with Gasteiger partial charge in [0.25, 0.3) is 5.91 Å². The van der Waals surface area contributed by atoms with Gasteiger partial charge in [0.15, 0.2) is 6.61 Å². The Morgan fingerprint density at radius 2 is 2.00 bits per heavy atom. The molecule has 0 unspecified atom stereocenters. The lowest BCUT2D eigenvalue weighted by Crippen LogP contribution is -2.24. The number of amides is 1. The zero-order valence-electron chi connectivity index (χ0n) is 11.7. The highest BCUT2D eigenvalue weighted by molar-refractivity contribution is 5.84. The average Bonchev–Trinajstić information content (AvgIpc) is 3.06. The Kier molecular flexibility index (Phi) is 4.15. The van der Waals surface area contributed by atoms with E-state index >= 15 is 0 Å². The van der Waals surface area contributed by atoms with Crippen molar-refractivity contribution >= 4 is 22.9 Å². The van der Waals surface area contributed by atoms with Crippen molar-refractivity contribution in [1.82, 2.24) is 5.43 Å². The number of ether oxygens (including phenoxy) is 1. The summed E-state index contributed by atoms with van der Waals surface area (Å²) in [5.74, 6) is 0.871. The highest BCUT2D eigenvalue weighted by Crippen LogP contribution is 2.20. The lowest BCUT2D eigenvalue weighted by Gasteiger charge is -2.06. The zero-order chi connectivity index (χ0) is 15.2. The molecule has 22 heavy (non-hydrogen) atoms. The minimum absolute atomic E-state index is 0.103. The Labute approximate surface area is 127 Å². The molecule has 1 aromatic heterocycles. The molecular formula is C17H14N2O3. The highest BCUT2D eigenvalue weighted by Gasteiger charge is 2.02. The smallest absolute Gasteiger partial charge is 0.277 e. The molecule has 1 heterocycles. The van der Waals surface area contributed by atoms with Gasteiger partial charge in [0.2, 0.25) is 0 Å². The maximum atomic E-state index is 11.6. The predicted molar refractivity (Wildman–Crippen MR) is 83.9 cm³/mol. The lowest BCUT2D eigenvalue weighted by molar-refractivity contribution is -0.123. The normalized spacial score (nSPS) is 10.9. The minimum atomic E-state index is -0.337. The van der Waals surface area contributed by atoms with Crippen molar-refractivity contribution in [2.75, 3.05) is 6.61 Å². The van der Waals surface area contributed by atoms with Gasteiger partial charge in [-0.05, 0) is 35.0 Å². The molecular weight excluding hydrogens is 280 g/mol. The summed E-state index contributed by atoms with van der Waals surface area (Å²) in [6, 6.07) is 17.1. The SMILES string of the molecule is O=C(COc1ccc2ccccc2c1)NN=Cc1ccco1. The first-order chi connectivity index (χ1) is 10.8. The van der Waals surface area contributed by atoms with Crippen molar-refractivity contribution in [3.8, 4) is 5.75 Å². The number of carbonyl (C=O) groups is 1. The van der Waals surface area contributed by atoms with E-state index in [9.17, 15) is 4.79 Å². The van der Waals surface area contributed by atoms with Crippen LogP contribution in [0.3, 0.4) is 0 Å². The summed E-state index contributed by atoms with van der Waals surface area (Å²) in [5.41, 5.74) is 2.37. The van der Waals surface area contributed by atoms with Gasteiger partial charge in [-0.2, -0.15) is 5.10 Å². The van der Waals surface area contributed by atoms with Crippen molar-refractivity contribution in [2.45, 2.75) is 0 Å². The van der Waals surface area contributed by atoms with Crippen LogP contribution in [0.2, 0.25) is 0 Å². The van der Waals surface area contributed by atoms with E-state index in [2.05, 4.69) is 10.5 Å². The third kappa shape index (κ3) is 3.52. The van der Waals surface area contributed by atoms with Gasteiger partial charge in [-0.3, -0.25) is 4.79 Å². The molecule has 0 saturated carbocycles. The van der Waals surface area contributed by atoms with Crippen LogP contribution in [-0.4, -0.2) is 18.7 Å². The second-order valence-corrected chi connectivity index (χ2v) is 4.61. The molecule has 0 aliphatic heterocycles. The highest BCUT2D eigenvalue weighted by atomic mass is 16.5. The van der Waals surface area contributed by atoms with Gasteiger partial charge >= 0.3 is 0 Å². The second kappa shape index (κ2) is 6.58. The molecule has 0 saturated heterocycles. The number of hydrogen-bond acceptors (Lipinski definition) is 4. The van der Waals surface area contributed by atoms with Gasteiger partial charge < -0.3 is 9.15 Å². The Hall–Kier alpha value is -3.08. The molecule has 5 heteroatoms. The maximum Gasteiger partial charge on any atom is 0.277 e. The fraction of sp³-hybridized carbons (Fsp3) is 0.0588. The molecule has 1 N–H and O–H groups in total. The van der Waals surface area contributed by atoms with Crippen LogP contribution in [-0.2, 0) is 4.79 Å². The van der Waals surface area contributed by atoms with Crippen molar-refractivity contribution < 1.29 is 13.9 Å². The Morgan fingerprint density at radius 1 is 1.14 bits per heavy atom. The van der Waals surface area contributed by atoms with Crippen molar-refractivity contribution in [3.63, 3.8) is 0 Å². The molecule has 0 spiro atoms. The predicted octanol–water partition coefficient (Wildman–Crippen LogP) is 2.96. The molecule has 110 valence electrons. The maximum absolute atomic E-state index is 11.6. The first-order valence-electron chi connectivity index (χ1n) is 6.78. The third-order valence-electron chi connectivity index (χ3n) is 3.02. The molecule has 3 aromatic rings. The second-order valence-electron chi connectivity index (χ2n) is 4.61. The molecule has 0 aliphatic carbocycles. The summed E-state index contributed by atoms with van der Waals surface area (Å²) >= 11 is 0. The number of carbonyl (C=O) groups excluding carboxylic acids is 1. The first-order valence-corrected chi connectivity index (χ1v) is 6.78. The number of fused-ring (bicyclic) bond motifs is 1. The molecule has 0 aliphatic rings. The van der Waals surface area contributed by atoms with E-state index in [0.717, 1.165) is 10.8 Å². The number of nitrogens with one attached hydrogen (secondary N) is 1. The monoisotopic (exact) mass is 294 g/mol. The van der Waals surface area contributed by atoms with Crippen LogP contribution in [0, 0.1) is 0 Å². The summed E-state index contributed by atoms with van der Waals surface area (Å²) in [4.78, 5) is 11.6. The molecule has 5 nitrogen and oxygen atoms in total. The molecule has 0 radical (unpaired) electrons. The average molecular weight is 294 g/mol. The minimum Gasteiger partial charge on any atom is -0.484 e. The summed E-state index contributed by atoms with van der Waals surface area (Å²) in [7, 11) is 0. The first kappa shape index (κ1) is 13.9. The largest absolute Gasteiger partial charge is 0.484 e. The number of furan rings is 1.